The summed E-state index contributed by atoms with van der Waals surface area (Å²) in [5.74, 6) is 0.286. The number of carbonyl (C=O) groups excluding carboxylic acids is 1. The minimum Gasteiger partial charge on any atom is -0.352 e. The number of amides is 1. The highest BCUT2D eigenvalue weighted by molar-refractivity contribution is 5.93. The molecule has 1 aliphatic rings. The van der Waals surface area contributed by atoms with Gasteiger partial charge in [0, 0.05) is 12.7 Å². The van der Waals surface area contributed by atoms with Gasteiger partial charge in [-0.3, -0.25) is 9.59 Å². The van der Waals surface area contributed by atoms with Gasteiger partial charge in [-0.15, -0.1) is 0 Å². The Morgan fingerprint density at radius 3 is 2.38 bits per heavy atom. The van der Waals surface area contributed by atoms with Gasteiger partial charge in [-0.25, -0.2) is 0 Å². The molecule has 0 spiro atoms. The second-order valence-corrected chi connectivity index (χ2v) is 7.26. The van der Waals surface area contributed by atoms with E-state index in [1.54, 1.807) is 22.9 Å². The molecule has 0 atom stereocenters. The largest absolute Gasteiger partial charge is 0.352 e. The van der Waals surface area contributed by atoms with E-state index in [9.17, 15) is 9.59 Å². The standard InChI is InChI=1S/C22H28N2O2/c25-21(23-16-18-10-5-2-1-3-6-11-18)20-14-9-15-24(22(20)26)17-19-12-7-4-8-13-19/h4,7-9,12-15,18H,1-3,5-6,10-11,16-17H2,(H,23,25). The normalized spacial score (nSPS) is 15.8. The van der Waals surface area contributed by atoms with Gasteiger partial charge in [0.05, 0.1) is 6.54 Å². The smallest absolute Gasteiger partial charge is 0.263 e. The predicted octanol–water partition coefficient (Wildman–Crippen LogP) is 3.99. The third-order valence-corrected chi connectivity index (χ3v) is 5.24. The highest BCUT2D eigenvalue weighted by Gasteiger charge is 2.16. The van der Waals surface area contributed by atoms with Gasteiger partial charge in [0.15, 0.2) is 0 Å². The highest BCUT2D eigenvalue weighted by Crippen LogP contribution is 2.21. The summed E-state index contributed by atoms with van der Waals surface area (Å²) in [6.45, 7) is 1.15. The Labute approximate surface area is 155 Å². The Bertz CT molecular complexity index is 759. The molecule has 4 heteroatoms. The maximum Gasteiger partial charge on any atom is 0.263 e. The summed E-state index contributed by atoms with van der Waals surface area (Å²) >= 11 is 0. The van der Waals surface area contributed by atoms with Crippen molar-refractivity contribution in [2.45, 2.75) is 51.5 Å². The van der Waals surface area contributed by atoms with Crippen LogP contribution in [-0.2, 0) is 6.54 Å². The molecule has 2 aromatic rings. The number of nitrogens with zero attached hydrogens (tertiary/aromatic N) is 1. The Balaban J connectivity index is 1.63. The van der Waals surface area contributed by atoms with E-state index < -0.39 is 0 Å². The molecule has 0 aliphatic heterocycles. The number of hydrogen-bond acceptors (Lipinski definition) is 2. The summed E-state index contributed by atoms with van der Waals surface area (Å²) in [4.78, 5) is 25.2. The molecule has 0 bridgehead atoms. The maximum atomic E-state index is 12.7. The molecule has 4 nitrogen and oxygen atoms in total. The minimum absolute atomic E-state index is 0.230. The molecule has 1 saturated carbocycles. The van der Waals surface area contributed by atoms with Gasteiger partial charge in [0.25, 0.3) is 11.5 Å². The molecular weight excluding hydrogens is 324 g/mol. The zero-order valence-corrected chi connectivity index (χ0v) is 15.3. The Morgan fingerprint density at radius 1 is 0.962 bits per heavy atom. The fourth-order valence-corrected chi connectivity index (χ4v) is 3.69. The fourth-order valence-electron chi connectivity index (χ4n) is 3.69. The molecule has 138 valence electrons. The molecule has 26 heavy (non-hydrogen) atoms. The lowest BCUT2D eigenvalue weighted by atomic mass is 9.91. The van der Waals surface area contributed by atoms with Crippen molar-refractivity contribution in [3.05, 3.63) is 70.1 Å². The quantitative estimate of drug-likeness (QED) is 0.885. The Hall–Kier alpha value is -2.36. The molecule has 3 rings (SSSR count). The van der Waals surface area contributed by atoms with Crippen molar-refractivity contribution < 1.29 is 4.79 Å². The van der Waals surface area contributed by atoms with Gasteiger partial charge in [0.1, 0.15) is 5.56 Å². The van der Waals surface area contributed by atoms with E-state index in [-0.39, 0.29) is 17.0 Å². The van der Waals surface area contributed by atoms with Crippen molar-refractivity contribution >= 4 is 5.91 Å². The van der Waals surface area contributed by atoms with Gasteiger partial charge in [-0.2, -0.15) is 0 Å². The van der Waals surface area contributed by atoms with Crippen LogP contribution < -0.4 is 10.9 Å². The molecule has 1 N–H and O–H groups in total. The lowest BCUT2D eigenvalue weighted by Crippen LogP contribution is -2.35. The Kier molecular flexibility index (Phi) is 6.64. The molecule has 0 saturated heterocycles. The van der Waals surface area contributed by atoms with E-state index in [1.165, 1.54) is 44.9 Å². The predicted molar refractivity (Wildman–Crippen MR) is 104 cm³/mol. The molecule has 1 aromatic heterocycles. The first-order chi connectivity index (χ1) is 12.7. The topological polar surface area (TPSA) is 51.1 Å². The SMILES string of the molecule is O=C(NCC1CCCCCCC1)c1cccn(Cc2ccccc2)c1=O. The molecule has 1 heterocycles. The number of rotatable bonds is 5. The number of hydrogen-bond donors (Lipinski definition) is 1. The monoisotopic (exact) mass is 352 g/mol. The minimum atomic E-state index is -0.250. The summed E-state index contributed by atoms with van der Waals surface area (Å²) in [6, 6.07) is 13.2. The average Bonchev–Trinajstić information content (AvgIpc) is 2.63. The van der Waals surface area contributed by atoms with Crippen LogP contribution in [0.25, 0.3) is 0 Å². The maximum absolute atomic E-state index is 12.7. The lowest BCUT2D eigenvalue weighted by Gasteiger charge is -2.20. The van der Waals surface area contributed by atoms with Crippen LogP contribution in [0.15, 0.2) is 53.5 Å². The first kappa shape index (κ1) is 18.4. The second-order valence-electron chi connectivity index (χ2n) is 7.26. The van der Waals surface area contributed by atoms with E-state index in [0.717, 1.165) is 5.56 Å². The molecule has 1 amide bonds. The zero-order chi connectivity index (χ0) is 18.2. The second kappa shape index (κ2) is 9.37. The van der Waals surface area contributed by atoms with E-state index in [1.807, 2.05) is 30.3 Å². The van der Waals surface area contributed by atoms with Gasteiger partial charge in [-0.1, -0.05) is 62.4 Å². The number of pyridine rings is 1. The number of aromatic nitrogens is 1. The Morgan fingerprint density at radius 2 is 1.65 bits per heavy atom. The van der Waals surface area contributed by atoms with Crippen molar-refractivity contribution in [1.82, 2.24) is 9.88 Å². The van der Waals surface area contributed by atoms with Gasteiger partial charge < -0.3 is 9.88 Å². The first-order valence-electron chi connectivity index (χ1n) is 9.75. The molecule has 0 radical (unpaired) electrons. The summed E-state index contributed by atoms with van der Waals surface area (Å²) in [5, 5.41) is 3.00. The van der Waals surface area contributed by atoms with Crippen molar-refractivity contribution in [3.63, 3.8) is 0 Å². The van der Waals surface area contributed by atoms with Crippen LogP contribution in [0.4, 0.5) is 0 Å². The lowest BCUT2D eigenvalue weighted by molar-refractivity contribution is 0.0942. The number of carbonyl (C=O) groups is 1. The molecule has 1 fully saturated rings. The van der Waals surface area contributed by atoms with Crippen LogP contribution >= 0.6 is 0 Å². The summed E-state index contributed by atoms with van der Waals surface area (Å²) in [7, 11) is 0. The van der Waals surface area contributed by atoms with Crippen molar-refractivity contribution in [2.75, 3.05) is 6.54 Å². The van der Waals surface area contributed by atoms with Gasteiger partial charge in [0.2, 0.25) is 0 Å². The van der Waals surface area contributed by atoms with Crippen LogP contribution in [0.2, 0.25) is 0 Å². The number of benzene rings is 1. The van der Waals surface area contributed by atoms with Crippen LogP contribution in [-0.4, -0.2) is 17.0 Å². The van der Waals surface area contributed by atoms with E-state index in [0.29, 0.717) is 19.0 Å². The van der Waals surface area contributed by atoms with Crippen LogP contribution in [0, 0.1) is 5.92 Å². The molecule has 0 unspecified atom stereocenters. The third kappa shape index (κ3) is 5.07. The third-order valence-electron chi connectivity index (χ3n) is 5.24. The summed E-state index contributed by atoms with van der Waals surface area (Å²) in [6.07, 6.45) is 10.5. The van der Waals surface area contributed by atoms with Crippen molar-refractivity contribution in [1.29, 1.82) is 0 Å². The fraction of sp³-hybridized carbons (Fsp3) is 0.455. The van der Waals surface area contributed by atoms with Gasteiger partial charge >= 0.3 is 0 Å². The van der Waals surface area contributed by atoms with Crippen LogP contribution in [0.1, 0.15) is 60.9 Å². The first-order valence-corrected chi connectivity index (χ1v) is 9.75. The zero-order valence-electron chi connectivity index (χ0n) is 15.3. The van der Waals surface area contributed by atoms with Crippen molar-refractivity contribution in [2.24, 2.45) is 5.92 Å². The summed E-state index contributed by atoms with van der Waals surface area (Å²) < 4.78 is 1.60. The molecule has 1 aromatic carbocycles. The highest BCUT2D eigenvalue weighted by atomic mass is 16.2. The average molecular weight is 352 g/mol. The van der Waals surface area contributed by atoms with E-state index >= 15 is 0 Å². The molecular formula is C22H28N2O2. The van der Waals surface area contributed by atoms with E-state index in [4.69, 9.17) is 0 Å². The molecule has 1 aliphatic carbocycles. The van der Waals surface area contributed by atoms with Crippen LogP contribution in [0.5, 0.6) is 0 Å². The van der Waals surface area contributed by atoms with Crippen molar-refractivity contribution in [3.8, 4) is 0 Å². The van der Waals surface area contributed by atoms with Crippen LogP contribution in [0.3, 0.4) is 0 Å². The van der Waals surface area contributed by atoms with E-state index in [2.05, 4.69) is 5.32 Å². The van der Waals surface area contributed by atoms with Gasteiger partial charge in [-0.05, 0) is 36.5 Å². The summed E-state index contributed by atoms with van der Waals surface area (Å²) in [5.41, 5.74) is 1.04. The number of nitrogens with one attached hydrogen (secondary N) is 1.